The highest BCUT2D eigenvalue weighted by molar-refractivity contribution is 9.10. The highest BCUT2D eigenvalue weighted by Gasteiger charge is 2.14. The predicted octanol–water partition coefficient (Wildman–Crippen LogP) is 4.42. The molecule has 0 saturated carbocycles. The van der Waals surface area contributed by atoms with Crippen LogP contribution in [0.5, 0.6) is 0 Å². The molecule has 4 aromatic rings. The van der Waals surface area contributed by atoms with Crippen molar-refractivity contribution in [2.45, 2.75) is 6.92 Å². The van der Waals surface area contributed by atoms with E-state index in [0.29, 0.717) is 11.7 Å². The highest BCUT2D eigenvalue weighted by Crippen LogP contribution is 2.30. The fraction of sp³-hybridized carbons (Fsp3) is 0.133. The van der Waals surface area contributed by atoms with Crippen molar-refractivity contribution < 1.29 is 4.52 Å². The van der Waals surface area contributed by atoms with Gasteiger partial charge in [0.05, 0.1) is 15.9 Å². The molecule has 0 fully saturated rings. The zero-order chi connectivity index (χ0) is 15.3. The third-order valence-electron chi connectivity index (χ3n) is 3.57. The summed E-state index contributed by atoms with van der Waals surface area (Å²) in [6.45, 7) is 1.99. The number of thiophene rings is 1. The van der Waals surface area contributed by atoms with E-state index in [1.165, 1.54) is 0 Å². The van der Waals surface area contributed by atoms with Crippen molar-refractivity contribution in [3.05, 3.63) is 39.9 Å². The second-order valence-corrected chi connectivity index (χ2v) is 6.80. The molecule has 0 aliphatic rings. The van der Waals surface area contributed by atoms with E-state index in [1.807, 2.05) is 43.6 Å². The Hall–Kier alpha value is -1.99. The van der Waals surface area contributed by atoms with E-state index in [1.54, 1.807) is 11.3 Å². The third-order valence-corrected chi connectivity index (χ3v) is 5.25. The van der Waals surface area contributed by atoms with Crippen molar-refractivity contribution in [1.29, 1.82) is 0 Å². The first kappa shape index (κ1) is 13.7. The Labute approximate surface area is 138 Å². The van der Waals surface area contributed by atoms with Gasteiger partial charge in [0.2, 0.25) is 5.82 Å². The van der Waals surface area contributed by atoms with Crippen molar-refractivity contribution in [3.63, 3.8) is 0 Å². The molecule has 3 aromatic heterocycles. The van der Waals surface area contributed by atoms with E-state index in [0.717, 1.165) is 31.8 Å². The Morgan fingerprint density at radius 2 is 2.09 bits per heavy atom. The Morgan fingerprint density at radius 3 is 2.86 bits per heavy atom. The quantitative estimate of drug-likeness (QED) is 0.520. The Balaban J connectivity index is 1.77. The van der Waals surface area contributed by atoms with Crippen molar-refractivity contribution in [2.75, 3.05) is 0 Å². The van der Waals surface area contributed by atoms with E-state index in [4.69, 9.17) is 4.52 Å². The summed E-state index contributed by atoms with van der Waals surface area (Å²) in [4.78, 5) is 9.98. The summed E-state index contributed by atoms with van der Waals surface area (Å²) in [6, 6.07) is 7.95. The average Bonchev–Trinajstić information content (AvgIpc) is 3.20. The lowest BCUT2D eigenvalue weighted by Crippen LogP contribution is -1.89. The molecule has 0 unspecified atom stereocenters. The molecule has 22 heavy (non-hydrogen) atoms. The SMILES string of the molecule is Cc1nc2cc(-c3nc(-c4cc(Br)cs4)no3)ccc2n1C. The molecule has 4 rings (SSSR count). The van der Waals surface area contributed by atoms with Crippen molar-refractivity contribution in [2.24, 2.45) is 7.05 Å². The molecule has 0 saturated heterocycles. The molecule has 0 bridgehead atoms. The fourth-order valence-electron chi connectivity index (χ4n) is 2.32. The molecule has 0 amide bonds. The lowest BCUT2D eigenvalue weighted by Gasteiger charge is -1.97. The number of rotatable bonds is 2. The second-order valence-electron chi connectivity index (χ2n) is 4.97. The molecule has 0 atom stereocenters. The minimum atomic E-state index is 0.504. The van der Waals surface area contributed by atoms with Crippen molar-refractivity contribution in [1.82, 2.24) is 19.7 Å². The largest absolute Gasteiger partial charge is 0.334 e. The Kier molecular flexibility index (Phi) is 3.12. The molecular weight excluding hydrogens is 364 g/mol. The van der Waals surface area contributed by atoms with Gasteiger partial charge in [0.1, 0.15) is 5.82 Å². The van der Waals surface area contributed by atoms with E-state index in [-0.39, 0.29) is 0 Å². The van der Waals surface area contributed by atoms with Crippen LogP contribution in [0.2, 0.25) is 0 Å². The van der Waals surface area contributed by atoms with Crippen LogP contribution in [0.4, 0.5) is 0 Å². The molecule has 0 spiro atoms. The van der Waals surface area contributed by atoms with Gasteiger partial charge in [-0.15, -0.1) is 11.3 Å². The number of aryl methyl sites for hydroxylation is 2. The summed E-state index contributed by atoms with van der Waals surface area (Å²) in [5, 5.41) is 6.05. The van der Waals surface area contributed by atoms with Gasteiger partial charge >= 0.3 is 0 Å². The summed E-state index contributed by atoms with van der Waals surface area (Å²) in [5.74, 6) is 2.08. The van der Waals surface area contributed by atoms with E-state index in [2.05, 4.69) is 35.6 Å². The maximum absolute atomic E-state index is 5.40. The smallest absolute Gasteiger partial charge is 0.258 e. The maximum Gasteiger partial charge on any atom is 0.258 e. The molecular formula is C15H11BrN4OS. The zero-order valence-corrected chi connectivity index (χ0v) is 14.3. The van der Waals surface area contributed by atoms with Gasteiger partial charge in [-0.2, -0.15) is 4.98 Å². The van der Waals surface area contributed by atoms with Crippen LogP contribution in [0, 0.1) is 6.92 Å². The number of imidazole rings is 1. The lowest BCUT2D eigenvalue weighted by molar-refractivity contribution is 0.432. The standard InChI is InChI=1S/C15H11BrN4OS/c1-8-17-11-5-9(3-4-12(11)20(8)2)15-18-14(19-21-15)13-6-10(16)7-22-13/h3-7H,1-2H3. The number of aromatic nitrogens is 4. The lowest BCUT2D eigenvalue weighted by atomic mass is 10.2. The molecule has 7 heteroatoms. The van der Waals surface area contributed by atoms with Crippen LogP contribution in [-0.2, 0) is 7.05 Å². The molecule has 110 valence electrons. The van der Waals surface area contributed by atoms with Gasteiger partial charge in [-0.1, -0.05) is 5.16 Å². The van der Waals surface area contributed by atoms with Gasteiger partial charge in [-0.25, -0.2) is 4.98 Å². The summed E-state index contributed by atoms with van der Waals surface area (Å²) < 4.78 is 8.47. The Morgan fingerprint density at radius 1 is 1.23 bits per heavy atom. The maximum atomic E-state index is 5.40. The van der Waals surface area contributed by atoms with Gasteiger partial charge in [-0.3, -0.25) is 0 Å². The van der Waals surface area contributed by atoms with Crippen LogP contribution in [0.3, 0.4) is 0 Å². The first-order valence-corrected chi connectivity index (χ1v) is 8.30. The summed E-state index contributed by atoms with van der Waals surface area (Å²) >= 11 is 5.00. The minimum Gasteiger partial charge on any atom is -0.334 e. The van der Waals surface area contributed by atoms with Crippen LogP contribution >= 0.6 is 27.3 Å². The van der Waals surface area contributed by atoms with Crippen LogP contribution in [0.1, 0.15) is 5.82 Å². The van der Waals surface area contributed by atoms with Gasteiger partial charge in [-0.05, 0) is 47.1 Å². The summed E-state index contributed by atoms with van der Waals surface area (Å²) in [5.41, 5.74) is 2.89. The highest BCUT2D eigenvalue weighted by atomic mass is 79.9. The average molecular weight is 375 g/mol. The number of nitrogens with zero attached hydrogens (tertiary/aromatic N) is 4. The van der Waals surface area contributed by atoms with Crippen LogP contribution in [0.25, 0.3) is 33.2 Å². The topological polar surface area (TPSA) is 56.7 Å². The second kappa shape index (κ2) is 5.03. The van der Waals surface area contributed by atoms with Crippen molar-refractivity contribution in [3.8, 4) is 22.2 Å². The number of hydrogen-bond acceptors (Lipinski definition) is 5. The Bertz CT molecular complexity index is 985. The molecule has 0 aliphatic heterocycles. The van der Waals surface area contributed by atoms with E-state index >= 15 is 0 Å². The zero-order valence-electron chi connectivity index (χ0n) is 11.9. The van der Waals surface area contributed by atoms with Crippen LogP contribution in [-0.4, -0.2) is 19.7 Å². The van der Waals surface area contributed by atoms with Gasteiger partial charge in [0.15, 0.2) is 0 Å². The van der Waals surface area contributed by atoms with Crippen LogP contribution < -0.4 is 0 Å². The third kappa shape index (κ3) is 2.17. The molecule has 0 aliphatic carbocycles. The predicted molar refractivity (Wildman–Crippen MR) is 89.8 cm³/mol. The molecule has 5 nitrogen and oxygen atoms in total. The van der Waals surface area contributed by atoms with Crippen LogP contribution in [0.15, 0.2) is 38.6 Å². The minimum absolute atomic E-state index is 0.504. The van der Waals surface area contributed by atoms with Gasteiger partial charge in [0.25, 0.3) is 5.89 Å². The fourth-order valence-corrected chi connectivity index (χ4v) is 3.68. The first-order chi connectivity index (χ1) is 10.6. The normalized spacial score (nSPS) is 11.4. The number of benzene rings is 1. The summed E-state index contributed by atoms with van der Waals surface area (Å²) in [6.07, 6.45) is 0. The van der Waals surface area contributed by atoms with Gasteiger partial charge < -0.3 is 9.09 Å². The molecule has 3 heterocycles. The number of fused-ring (bicyclic) bond motifs is 1. The molecule has 0 radical (unpaired) electrons. The van der Waals surface area contributed by atoms with Crippen molar-refractivity contribution >= 4 is 38.3 Å². The molecule has 1 aromatic carbocycles. The molecule has 0 N–H and O–H groups in total. The monoisotopic (exact) mass is 374 g/mol. The number of halogens is 1. The first-order valence-electron chi connectivity index (χ1n) is 6.63. The van der Waals surface area contributed by atoms with Gasteiger partial charge in [0, 0.05) is 22.5 Å². The summed E-state index contributed by atoms with van der Waals surface area (Å²) in [7, 11) is 2.00. The number of hydrogen-bond donors (Lipinski definition) is 0. The van der Waals surface area contributed by atoms with E-state index in [9.17, 15) is 0 Å². The van der Waals surface area contributed by atoms with E-state index < -0.39 is 0 Å².